The SMILES string of the molecule is COCCCC(N)C(=O)C1CC1c1ccccc1. The van der Waals surface area contributed by atoms with E-state index in [2.05, 4.69) is 12.1 Å². The van der Waals surface area contributed by atoms with Crippen LogP contribution < -0.4 is 5.73 Å². The molecule has 1 aliphatic rings. The molecule has 0 amide bonds. The van der Waals surface area contributed by atoms with Gasteiger partial charge in [0.15, 0.2) is 5.78 Å². The summed E-state index contributed by atoms with van der Waals surface area (Å²) in [5, 5.41) is 0. The predicted molar refractivity (Wildman–Crippen MR) is 71.4 cm³/mol. The Hall–Kier alpha value is -1.19. The van der Waals surface area contributed by atoms with Gasteiger partial charge in [0.05, 0.1) is 6.04 Å². The van der Waals surface area contributed by atoms with Gasteiger partial charge in [-0.3, -0.25) is 4.79 Å². The molecule has 0 radical (unpaired) electrons. The molecule has 1 aliphatic carbocycles. The van der Waals surface area contributed by atoms with E-state index in [1.807, 2.05) is 18.2 Å². The minimum Gasteiger partial charge on any atom is -0.385 e. The zero-order valence-corrected chi connectivity index (χ0v) is 10.8. The van der Waals surface area contributed by atoms with E-state index in [0.717, 1.165) is 19.3 Å². The second-order valence-corrected chi connectivity index (χ2v) is 5.00. The largest absolute Gasteiger partial charge is 0.385 e. The van der Waals surface area contributed by atoms with E-state index in [-0.39, 0.29) is 17.7 Å². The lowest BCUT2D eigenvalue weighted by molar-refractivity contribution is -0.121. The molecular weight excluding hydrogens is 226 g/mol. The Morgan fingerprint density at radius 3 is 2.83 bits per heavy atom. The average Bonchev–Trinajstić information content (AvgIpc) is 3.19. The Balaban J connectivity index is 1.82. The Morgan fingerprint density at radius 2 is 2.17 bits per heavy atom. The van der Waals surface area contributed by atoms with E-state index in [4.69, 9.17) is 10.5 Å². The molecular formula is C15H21NO2. The molecule has 0 aliphatic heterocycles. The van der Waals surface area contributed by atoms with E-state index in [9.17, 15) is 4.79 Å². The van der Waals surface area contributed by atoms with E-state index in [0.29, 0.717) is 12.5 Å². The highest BCUT2D eigenvalue weighted by Crippen LogP contribution is 2.48. The van der Waals surface area contributed by atoms with Crippen LogP contribution in [-0.4, -0.2) is 25.5 Å². The predicted octanol–water partition coefficient (Wildman–Crippen LogP) is 2.11. The number of benzene rings is 1. The fourth-order valence-corrected chi connectivity index (χ4v) is 2.44. The minimum absolute atomic E-state index is 0.143. The molecule has 3 nitrogen and oxygen atoms in total. The van der Waals surface area contributed by atoms with Crippen molar-refractivity contribution in [2.75, 3.05) is 13.7 Å². The number of nitrogens with two attached hydrogens (primary N) is 1. The molecule has 98 valence electrons. The van der Waals surface area contributed by atoms with Crippen molar-refractivity contribution in [1.82, 2.24) is 0 Å². The third-order valence-corrected chi connectivity index (χ3v) is 3.61. The Morgan fingerprint density at radius 1 is 1.44 bits per heavy atom. The number of carbonyl (C=O) groups excluding carboxylic acids is 1. The van der Waals surface area contributed by atoms with Gasteiger partial charge in [0.2, 0.25) is 0 Å². The molecule has 0 saturated heterocycles. The lowest BCUT2D eigenvalue weighted by Crippen LogP contribution is -2.32. The Labute approximate surface area is 108 Å². The number of Topliss-reactive ketones (excluding diaryl/α,β-unsaturated/α-hetero) is 1. The van der Waals surface area contributed by atoms with Crippen LogP contribution in [0.25, 0.3) is 0 Å². The van der Waals surface area contributed by atoms with Gasteiger partial charge in [0.25, 0.3) is 0 Å². The van der Waals surface area contributed by atoms with Gasteiger partial charge in [-0.15, -0.1) is 0 Å². The number of carbonyl (C=O) groups is 1. The lowest BCUT2D eigenvalue weighted by atomic mass is 10.0. The lowest BCUT2D eigenvalue weighted by Gasteiger charge is -2.10. The fraction of sp³-hybridized carbons (Fsp3) is 0.533. The van der Waals surface area contributed by atoms with E-state index in [1.54, 1.807) is 7.11 Å². The van der Waals surface area contributed by atoms with Crippen LogP contribution >= 0.6 is 0 Å². The second kappa shape index (κ2) is 6.12. The molecule has 0 aromatic heterocycles. The van der Waals surface area contributed by atoms with Crippen molar-refractivity contribution in [3.63, 3.8) is 0 Å². The summed E-state index contributed by atoms with van der Waals surface area (Å²) in [6, 6.07) is 9.91. The van der Waals surface area contributed by atoms with Crippen molar-refractivity contribution < 1.29 is 9.53 Å². The summed E-state index contributed by atoms with van der Waals surface area (Å²) in [6.07, 6.45) is 2.54. The first kappa shape index (κ1) is 13.2. The average molecular weight is 247 g/mol. The van der Waals surface area contributed by atoms with E-state index < -0.39 is 0 Å². The first-order chi connectivity index (χ1) is 8.74. The zero-order valence-electron chi connectivity index (χ0n) is 10.8. The summed E-state index contributed by atoms with van der Waals surface area (Å²) < 4.78 is 4.97. The van der Waals surface area contributed by atoms with Gasteiger partial charge < -0.3 is 10.5 Å². The molecule has 0 spiro atoms. The molecule has 2 rings (SSSR count). The van der Waals surface area contributed by atoms with Crippen LogP contribution in [0.3, 0.4) is 0 Å². The van der Waals surface area contributed by atoms with Gasteiger partial charge in [-0.2, -0.15) is 0 Å². The van der Waals surface area contributed by atoms with Crippen LogP contribution in [0.4, 0.5) is 0 Å². The first-order valence-corrected chi connectivity index (χ1v) is 6.57. The number of hydrogen-bond acceptors (Lipinski definition) is 3. The number of ether oxygens (including phenoxy) is 1. The van der Waals surface area contributed by atoms with Crippen molar-refractivity contribution >= 4 is 5.78 Å². The van der Waals surface area contributed by atoms with Gasteiger partial charge in [-0.25, -0.2) is 0 Å². The highest BCUT2D eigenvalue weighted by molar-refractivity contribution is 5.89. The van der Waals surface area contributed by atoms with Crippen LogP contribution in [-0.2, 0) is 9.53 Å². The standard InChI is InChI=1S/C15H21NO2/c1-18-9-5-8-14(16)15(17)13-10-12(13)11-6-3-2-4-7-11/h2-4,6-7,12-14H,5,8-10,16H2,1H3. The fourth-order valence-electron chi connectivity index (χ4n) is 2.44. The first-order valence-electron chi connectivity index (χ1n) is 6.57. The highest BCUT2D eigenvalue weighted by atomic mass is 16.5. The molecule has 2 N–H and O–H groups in total. The molecule has 1 saturated carbocycles. The van der Waals surface area contributed by atoms with Crippen molar-refractivity contribution in [3.05, 3.63) is 35.9 Å². The summed E-state index contributed by atoms with van der Waals surface area (Å²) in [6.45, 7) is 0.674. The Bertz CT molecular complexity index is 391. The normalized spacial score (nSPS) is 23.7. The van der Waals surface area contributed by atoms with Crippen molar-refractivity contribution in [1.29, 1.82) is 0 Å². The molecule has 3 atom stereocenters. The van der Waals surface area contributed by atoms with Crippen LogP contribution in [0.15, 0.2) is 30.3 Å². The summed E-state index contributed by atoms with van der Waals surface area (Å²) in [4.78, 5) is 12.1. The maximum Gasteiger partial charge on any atom is 0.153 e. The van der Waals surface area contributed by atoms with Crippen LogP contribution in [0.1, 0.15) is 30.7 Å². The van der Waals surface area contributed by atoms with Crippen molar-refractivity contribution in [2.24, 2.45) is 11.7 Å². The zero-order chi connectivity index (χ0) is 13.0. The quantitative estimate of drug-likeness (QED) is 0.751. The maximum absolute atomic E-state index is 12.1. The maximum atomic E-state index is 12.1. The summed E-state index contributed by atoms with van der Waals surface area (Å²) in [5.74, 6) is 0.761. The number of methoxy groups -OCH3 is 1. The van der Waals surface area contributed by atoms with Gasteiger partial charge in [-0.1, -0.05) is 30.3 Å². The number of rotatable bonds is 7. The number of hydrogen-bond donors (Lipinski definition) is 1. The van der Waals surface area contributed by atoms with Gasteiger partial charge in [-0.05, 0) is 30.7 Å². The topological polar surface area (TPSA) is 52.3 Å². The van der Waals surface area contributed by atoms with Gasteiger partial charge in [0, 0.05) is 19.6 Å². The number of ketones is 1. The molecule has 0 heterocycles. The molecule has 18 heavy (non-hydrogen) atoms. The van der Waals surface area contributed by atoms with E-state index >= 15 is 0 Å². The minimum atomic E-state index is -0.320. The summed E-state index contributed by atoms with van der Waals surface area (Å²) in [7, 11) is 1.67. The smallest absolute Gasteiger partial charge is 0.153 e. The van der Waals surface area contributed by atoms with Crippen LogP contribution in [0.5, 0.6) is 0 Å². The molecule has 1 aromatic rings. The van der Waals surface area contributed by atoms with Crippen molar-refractivity contribution in [3.8, 4) is 0 Å². The van der Waals surface area contributed by atoms with Crippen molar-refractivity contribution in [2.45, 2.75) is 31.2 Å². The second-order valence-electron chi connectivity index (χ2n) is 5.00. The Kier molecular flexibility index (Phi) is 4.50. The van der Waals surface area contributed by atoms with Crippen LogP contribution in [0.2, 0.25) is 0 Å². The van der Waals surface area contributed by atoms with Gasteiger partial charge >= 0.3 is 0 Å². The molecule has 1 fully saturated rings. The monoisotopic (exact) mass is 247 g/mol. The molecule has 1 aromatic carbocycles. The summed E-state index contributed by atoms with van der Waals surface area (Å²) in [5.41, 5.74) is 7.20. The third-order valence-electron chi connectivity index (χ3n) is 3.61. The third kappa shape index (κ3) is 3.18. The van der Waals surface area contributed by atoms with Crippen LogP contribution in [0, 0.1) is 5.92 Å². The molecule has 0 bridgehead atoms. The highest BCUT2D eigenvalue weighted by Gasteiger charge is 2.44. The molecule has 3 unspecified atom stereocenters. The molecule has 3 heteroatoms. The van der Waals surface area contributed by atoms with E-state index in [1.165, 1.54) is 5.56 Å². The summed E-state index contributed by atoms with van der Waals surface area (Å²) >= 11 is 0. The van der Waals surface area contributed by atoms with Gasteiger partial charge in [0.1, 0.15) is 0 Å².